The van der Waals surface area contributed by atoms with Crippen LogP contribution in [-0.2, 0) is 11.2 Å². The third-order valence-corrected chi connectivity index (χ3v) is 2.84. The predicted octanol–water partition coefficient (Wildman–Crippen LogP) is 1.93. The fourth-order valence-corrected chi connectivity index (χ4v) is 1.65. The van der Waals surface area contributed by atoms with Gasteiger partial charge in [0, 0.05) is 11.6 Å². The molecule has 1 amide bonds. The van der Waals surface area contributed by atoms with Crippen molar-refractivity contribution in [1.29, 1.82) is 0 Å². The van der Waals surface area contributed by atoms with Crippen molar-refractivity contribution in [1.82, 2.24) is 0 Å². The van der Waals surface area contributed by atoms with Gasteiger partial charge in [-0.2, -0.15) is 0 Å². The van der Waals surface area contributed by atoms with Crippen molar-refractivity contribution in [3.8, 4) is 0 Å². The molecule has 0 atom stereocenters. The molecule has 0 aromatic heterocycles. The summed E-state index contributed by atoms with van der Waals surface area (Å²) >= 11 is 0. The van der Waals surface area contributed by atoms with E-state index in [0.717, 1.165) is 37.9 Å². The molecule has 0 bridgehead atoms. The van der Waals surface area contributed by atoms with Gasteiger partial charge in [0.25, 0.3) is 0 Å². The highest BCUT2D eigenvalue weighted by atomic mass is 16.2. The molecule has 86 valence electrons. The Bertz CT molecular complexity index is 355. The van der Waals surface area contributed by atoms with Gasteiger partial charge in [-0.05, 0) is 49.9 Å². The highest BCUT2D eigenvalue weighted by Gasteiger charge is 2.29. The smallest absolute Gasteiger partial charge is 0.227 e. The minimum absolute atomic E-state index is 0.162. The Labute approximate surface area is 96.0 Å². The molecule has 1 saturated carbocycles. The monoisotopic (exact) mass is 218 g/mol. The van der Waals surface area contributed by atoms with E-state index >= 15 is 0 Å². The molecule has 1 aliphatic carbocycles. The van der Waals surface area contributed by atoms with E-state index < -0.39 is 0 Å². The van der Waals surface area contributed by atoms with Crippen LogP contribution in [0.15, 0.2) is 24.3 Å². The Hall–Kier alpha value is -1.35. The van der Waals surface area contributed by atoms with Gasteiger partial charge in [0.15, 0.2) is 0 Å². The number of amides is 1. The fraction of sp³-hybridized carbons (Fsp3) is 0.462. The number of carbonyl (C=O) groups is 1. The maximum atomic E-state index is 11.5. The van der Waals surface area contributed by atoms with Crippen LogP contribution < -0.4 is 11.1 Å². The first-order valence-corrected chi connectivity index (χ1v) is 5.89. The molecule has 0 spiro atoms. The second-order valence-electron chi connectivity index (χ2n) is 4.35. The third-order valence-electron chi connectivity index (χ3n) is 2.84. The van der Waals surface area contributed by atoms with Crippen molar-refractivity contribution in [2.75, 3.05) is 11.9 Å². The highest BCUT2D eigenvalue weighted by molar-refractivity contribution is 5.93. The summed E-state index contributed by atoms with van der Waals surface area (Å²) in [5.41, 5.74) is 7.63. The van der Waals surface area contributed by atoms with Gasteiger partial charge in [-0.3, -0.25) is 4.79 Å². The molecule has 0 aliphatic heterocycles. The summed E-state index contributed by atoms with van der Waals surface area (Å²) in [5.74, 6) is 0.423. The standard InChI is InChI=1S/C13H18N2O/c14-9-1-2-10-3-7-12(8-4-10)15-13(16)11-5-6-11/h3-4,7-8,11H,1-2,5-6,9,14H2,(H,15,16). The molecule has 1 aromatic rings. The van der Waals surface area contributed by atoms with Gasteiger partial charge >= 0.3 is 0 Å². The quantitative estimate of drug-likeness (QED) is 0.793. The zero-order valence-electron chi connectivity index (χ0n) is 9.41. The second-order valence-corrected chi connectivity index (χ2v) is 4.35. The van der Waals surface area contributed by atoms with Crippen molar-refractivity contribution in [3.63, 3.8) is 0 Å². The van der Waals surface area contributed by atoms with Crippen molar-refractivity contribution < 1.29 is 4.79 Å². The van der Waals surface area contributed by atoms with E-state index in [2.05, 4.69) is 17.4 Å². The average molecular weight is 218 g/mol. The normalized spacial score (nSPS) is 14.8. The van der Waals surface area contributed by atoms with Crippen LogP contribution in [0.25, 0.3) is 0 Å². The number of hydrogen-bond donors (Lipinski definition) is 2. The topological polar surface area (TPSA) is 55.1 Å². The first-order chi connectivity index (χ1) is 7.79. The van der Waals surface area contributed by atoms with E-state index in [4.69, 9.17) is 5.73 Å². The largest absolute Gasteiger partial charge is 0.330 e. The summed E-state index contributed by atoms with van der Waals surface area (Å²) in [5, 5.41) is 2.92. The lowest BCUT2D eigenvalue weighted by Gasteiger charge is -2.05. The zero-order valence-corrected chi connectivity index (χ0v) is 9.41. The Morgan fingerprint density at radius 3 is 2.56 bits per heavy atom. The van der Waals surface area contributed by atoms with Gasteiger partial charge in [0.2, 0.25) is 5.91 Å². The van der Waals surface area contributed by atoms with Crippen LogP contribution in [-0.4, -0.2) is 12.5 Å². The van der Waals surface area contributed by atoms with Crippen LogP contribution in [0.1, 0.15) is 24.8 Å². The van der Waals surface area contributed by atoms with E-state index in [0.29, 0.717) is 0 Å². The Morgan fingerprint density at radius 1 is 1.31 bits per heavy atom. The Morgan fingerprint density at radius 2 is 2.00 bits per heavy atom. The number of nitrogens with one attached hydrogen (secondary N) is 1. The number of hydrogen-bond acceptors (Lipinski definition) is 2. The summed E-state index contributed by atoms with van der Waals surface area (Å²) in [6.45, 7) is 0.722. The van der Waals surface area contributed by atoms with Crippen molar-refractivity contribution in [2.24, 2.45) is 11.7 Å². The number of aryl methyl sites for hydroxylation is 1. The lowest BCUT2D eigenvalue weighted by Crippen LogP contribution is -2.13. The van der Waals surface area contributed by atoms with E-state index in [1.807, 2.05) is 12.1 Å². The van der Waals surface area contributed by atoms with Crippen molar-refractivity contribution in [3.05, 3.63) is 29.8 Å². The van der Waals surface area contributed by atoms with Crippen LogP contribution in [0, 0.1) is 5.92 Å². The number of carbonyl (C=O) groups excluding carboxylic acids is 1. The minimum Gasteiger partial charge on any atom is -0.330 e. The van der Waals surface area contributed by atoms with Gasteiger partial charge in [-0.15, -0.1) is 0 Å². The molecule has 0 heterocycles. The maximum absolute atomic E-state index is 11.5. The molecular weight excluding hydrogens is 200 g/mol. The fourth-order valence-electron chi connectivity index (χ4n) is 1.65. The summed E-state index contributed by atoms with van der Waals surface area (Å²) in [6.07, 6.45) is 4.10. The van der Waals surface area contributed by atoms with Crippen LogP contribution in [0.2, 0.25) is 0 Å². The van der Waals surface area contributed by atoms with Crippen molar-refractivity contribution in [2.45, 2.75) is 25.7 Å². The maximum Gasteiger partial charge on any atom is 0.227 e. The Balaban J connectivity index is 1.88. The molecule has 0 radical (unpaired) electrons. The zero-order chi connectivity index (χ0) is 11.4. The van der Waals surface area contributed by atoms with Crippen molar-refractivity contribution >= 4 is 11.6 Å². The summed E-state index contributed by atoms with van der Waals surface area (Å²) in [6, 6.07) is 8.04. The average Bonchev–Trinajstić information content (AvgIpc) is 3.12. The first-order valence-electron chi connectivity index (χ1n) is 5.89. The molecule has 0 unspecified atom stereocenters. The van der Waals surface area contributed by atoms with E-state index in [9.17, 15) is 4.79 Å². The van der Waals surface area contributed by atoms with Gasteiger partial charge in [-0.25, -0.2) is 0 Å². The lowest BCUT2D eigenvalue weighted by molar-refractivity contribution is -0.117. The number of benzene rings is 1. The van der Waals surface area contributed by atoms with Gasteiger partial charge in [0.1, 0.15) is 0 Å². The molecule has 3 heteroatoms. The van der Waals surface area contributed by atoms with E-state index in [1.54, 1.807) is 0 Å². The SMILES string of the molecule is NCCCc1ccc(NC(=O)C2CC2)cc1. The molecule has 16 heavy (non-hydrogen) atoms. The van der Waals surface area contributed by atoms with Crippen LogP contribution in [0.4, 0.5) is 5.69 Å². The minimum atomic E-state index is 0.162. The van der Waals surface area contributed by atoms with Crippen LogP contribution in [0.3, 0.4) is 0 Å². The number of anilines is 1. The number of nitrogens with two attached hydrogens (primary N) is 1. The summed E-state index contributed by atoms with van der Waals surface area (Å²) in [7, 11) is 0. The first kappa shape index (κ1) is 11.1. The summed E-state index contributed by atoms with van der Waals surface area (Å²) < 4.78 is 0. The molecular formula is C13H18N2O. The molecule has 2 rings (SSSR count). The summed E-state index contributed by atoms with van der Waals surface area (Å²) in [4.78, 5) is 11.5. The molecule has 1 fully saturated rings. The third kappa shape index (κ3) is 3.07. The lowest BCUT2D eigenvalue weighted by atomic mass is 10.1. The van der Waals surface area contributed by atoms with E-state index in [-0.39, 0.29) is 11.8 Å². The molecule has 1 aliphatic rings. The predicted molar refractivity (Wildman–Crippen MR) is 65.2 cm³/mol. The number of rotatable bonds is 5. The van der Waals surface area contributed by atoms with Gasteiger partial charge < -0.3 is 11.1 Å². The molecule has 3 N–H and O–H groups in total. The van der Waals surface area contributed by atoms with Crippen LogP contribution in [0.5, 0.6) is 0 Å². The molecule has 1 aromatic carbocycles. The van der Waals surface area contributed by atoms with E-state index in [1.165, 1.54) is 5.56 Å². The van der Waals surface area contributed by atoms with Gasteiger partial charge in [-0.1, -0.05) is 12.1 Å². The second kappa shape index (κ2) is 5.12. The van der Waals surface area contributed by atoms with Gasteiger partial charge in [0.05, 0.1) is 0 Å². The Kier molecular flexibility index (Phi) is 3.57. The highest BCUT2D eigenvalue weighted by Crippen LogP contribution is 2.30. The molecule has 0 saturated heterocycles. The molecule has 3 nitrogen and oxygen atoms in total. The van der Waals surface area contributed by atoms with Crippen LogP contribution >= 0.6 is 0 Å².